The summed E-state index contributed by atoms with van der Waals surface area (Å²) in [7, 11) is 0. The van der Waals surface area contributed by atoms with Crippen LogP contribution in [-0.2, 0) is 5.88 Å². The van der Waals surface area contributed by atoms with Crippen LogP contribution in [-0.4, -0.2) is 18.0 Å². The second-order valence-electron chi connectivity index (χ2n) is 4.91. The Bertz CT molecular complexity index is 451. The van der Waals surface area contributed by atoms with Crippen molar-refractivity contribution in [3.63, 3.8) is 0 Å². The number of piperidine rings is 1. The van der Waals surface area contributed by atoms with Crippen molar-refractivity contribution in [2.24, 2.45) is 5.92 Å². The summed E-state index contributed by atoms with van der Waals surface area (Å²) in [6.07, 6.45) is 2.29. The first-order valence-electron chi connectivity index (χ1n) is 6.20. The molecule has 1 atom stereocenters. The summed E-state index contributed by atoms with van der Waals surface area (Å²) in [6.45, 7) is 3.97. The van der Waals surface area contributed by atoms with E-state index in [1.165, 1.54) is 6.42 Å². The van der Waals surface area contributed by atoms with Crippen molar-refractivity contribution in [2.75, 3.05) is 18.0 Å². The molecule has 1 unspecified atom stereocenters. The molecule has 4 nitrogen and oxygen atoms in total. The Kier molecular flexibility index (Phi) is 4.07. The van der Waals surface area contributed by atoms with E-state index in [0.29, 0.717) is 11.8 Å². The highest BCUT2D eigenvalue weighted by Gasteiger charge is 2.23. The molecule has 0 N–H and O–H groups in total. The van der Waals surface area contributed by atoms with E-state index in [9.17, 15) is 10.1 Å². The molecule has 0 bridgehead atoms. The van der Waals surface area contributed by atoms with Gasteiger partial charge in [-0.15, -0.1) is 11.6 Å². The van der Waals surface area contributed by atoms with Gasteiger partial charge < -0.3 is 4.90 Å². The van der Waals surface area contributed by atoms with Crippen LogP contribution in [0.25, 0.3) is 0 Å². The predicted molar refractivity (Wildman–Crippen MR) is 73.3 cm³/mol. The van der Waals surface area contributed by atoms with Crippen molar-refractivity contribution in [1.29, 1.82) is 0 Å². The van der Waals surface area contributed by atoms with Gasteiger partial charge in [0, 0.05) is 25.0 Å². The Balaban J connectivity index is 2.33. The maximum absolute atomic E-state index is 11.1. The van der Waals surface area contributed by atoms with E-state index in [4.69, 9.17) is 11.6 Å². The maximum atomic E-state index is 11.1. The zero-order valence-electron chi connectivity index (χ0n) is 10.4. The van der Waals surface area contributed by atoms with Gasteiger partial charge in [-0.25, -0.2) is 0 Å². The third-order valence-corrected chi connectivity index (χ3v) is 3.70. The van der Waals surface area contributed by atoms with Gasteiger partial charge in [-0.1, -0.05) is 13.0 Å². The molecule has 2 rings (SSSR count). The average Bonchev–Trinajstić information content (AvgIpc) is 2.38. The summed E-state index contributed by atoms with van der Waals surface area (Å²) in [5.74, 6) is 0.892. The Hall–Kier alpha value is -1.29. The van der Waals surface area contributed by atoms with Crippen LogP contribution in [0.5, 0.6) is 0 Å². The number of hydrogen-bond acceptors (Lipinski definition) is 3. The average molecular weight is 269 g/mol. The molecule has 1 fully saturated rings. The van der Waals surface area contributed by atoms with Crippen LogP contribution in [0.2, 0.25) is 0 Å². The normalized spacial score (nSPS) is 19.9. The monoisotopic (exact) mass is 268 g/mol. The summed E-state index contributed by atoms with van der Waals surface area (Å²) >= 11 is 5.73. The van der Waals surface area contributed by atoms with E-state index in [0.717, 1.165) is 30.8 Å². The lowest BCUT2D eigenvalue weighted by Gasteiger charge is -2.32. The van der Waals surface area contributed by atoms with Gasteiger partial charge in [0.1, 0.15) is 5.69 Å². The number of halogens is 1. The molecule has 0 spiro atoms. The second kappa shape index (κ2) is 5.57. The van der Waals surface area contributed by atoms with Crippen LogP contribution in [0, 0.1) is 16.0 Å². The summed E-state index contributed by atoms with van der Waals surface area (Å²) in [4.78, 5) is 13.0. The summed E-state index contributed by atoms with van der Waals surface area (Å²) in [6, 6.07) is 5.28. The molecule has 0 aromatic heterocycles. The number of alkyl halides is 1. The minimum atomic E-state index is -0.315. The lowest BCUT2D eigenvalue weighted by Crippen LogP contribution is -2.34. The number of nitrogens with zero attached hydrogens (tertiary/aromatic N) is 2. The fraction of sp³-hybridized carbons (Fsp3) is 0.538. The molecule has 0 aliphatic carbocycles. The quantitative estimate of drug-likeness (QED) is 0.478. The van der Waals surface area contributed by atoms with Crippen molar-refractivity contribution >= 4 is 23.0 Å². The Labute approximate surface area is 112 Å². The van der Waals surface area contributed by atoms with Gasteiger partial charge in [-0.3, -0.25) is 10.1 Å². The molecule has 5 heteroatoms. The van der Waals surface area contributed by atoms with Crippen LogP contribution in [0.3, 0.4) is 0 Å². The lowest BCUT2D eigenvalue weighted by atomic mass is 9.99. The molecule has 0 amide bonds. The van der Waals surface area contributed by atoms with Crippen molar-refractivity contribution in [2.45, 2.75) is 25.6 Å². The van der Waals surface area contributed by atoms with Crippen LogP contribution in [0.4, 0.5) is 11.4 Å². The van der Waals surface area contributed by atoms with E-state index >= 15 is 0 Å². The molecule has 1 aliphatic heterocycles. The van der Waals surface area contributed by atoms with Gasteiger partial charge in [-0.2, -0.15) is 0 Å². The Morgan fingerprint density at radius 1 is 1.56 bits per heavy atom. The van der Waals surface area contributed by atoms with Crippen molar-refractivity contribution in [3.05, 3.63) is 33.9 Å². The molecule has 0 radical (unpaired) electrons. The largest absolute Gasteiger partial charge is 0.366 e. The molecule has 1 heterocycles. The fourth-order valence-corrected chi connectivity index (χ4v) is 2.64. The number of hydrogen-bond donors (Lipinski definition) is 0. The van der Waals surface area contributed by atoms with Crippen molar-refractivity contribution < 1.29 is 4.92 Å². The van der Waals surface area contributed by atoms with Crippen LogP contribution in [0.1, 0.15) is 25.3 Å². The summed E-state index contributed by atoms with van der Waals surface area (Å²) in [5.41, 5.74) is 1.68. The standard InChI is InChI=1S/C13H17ClN2O2/c1-10-3-2-6-15(9-10)12-5-4-11(8-14)7-13(12)16(17)18/h4-5,7,10H,2-3,6,8-9H2,1H3. The van der Waals surface area contributed by atoms with Gasteiger partial charge in [0.25, 0.3) is 5.69 Å². The topological polar surface area (TPSA) is 46.4 Å². The predicted octanol–water partition coefficient (Wildman–Crippen LogP) is 3.57. The lowest BCUT2D eigenvalue weighted by molar-refractivity contribution is -0.384. The highest BCUT2D eigenvalue weighted by atomic mass is 35.5. The highest BCUT2D eigenvalue weighted by Crippen LogP contribution is 2.32. The second-order valence-corrected chi connectivity index (χ2v) is 5.17. The minimum Gasteiger partial charge on any atom is -0.366 e. The molecular formula is C13H17ClN2O2. The van der Waals surface area contributed by atoms with E-state index in [-0.39, 0.29) is 10.6 Å². The number of nitro benzene ring substituents is 1. The zero-order valence-corrected chi connectivity index (χ0v) is 11.2. The van der Waals surface area contributed by atoms with E-state index in [1.807, 2.05) is 12.1 Å². The van der Waals surface area contributed by atoms with Crippen LogP contribution >= 0.6 is 11.6 Å². The first kappa shape index (κ1) is 13.1. The zero-order chi connectivity index (χ0) is 13.1. The number of nitro groups is 1. The first-order valence-corrected chi connectivity index (χ1v) is 6.73. The number of benzene rings is 1. The molecule has 1 aromatic carbocycles. The molecule has 1 aromatic rings. The molecule has 1 saturated heterocycles. The van der Waals surface area contributed by atoms with E-state index < -0.39 is 0 Å². The first-order chi connectivity index (χ1) is 8.61. The fourth-order valence-electron chi connectivity index (χ4n) is 2.47. The van der Waals surface area contributed by atoms with Gasteiger partial charge in [0.2, 0.25) is 0 Å². The van der Waals surface area contributed by atoms with Crippen molar-refractivity contribution in [3.8, 4) is 0 Å². The number of rotatable bonds is 3. The van der Waals surface area contributed by atoms with Crippen LogP contribution < -0.4 is 4.90 Å². The van der Waals surface area contributed by atoms with E-state index in [2.05, 4.69) is 11.8 Å². The third kappa shape index (κ3) is 2.75. The third-order valence-electron chi connectivity index (χ3n) is 3.39. The van der Waals surface area contributed by atoms with Gasteiger partial charge >= 0.3 is 0 Å². The molecule has 0 saturated carbocycles. The Morgan fingerprint density at radius 2 is 2.33 bits per heavy atom. The highest BCUT2D eigenvalue weighted by molar-refractivity contribution is 6.17. The molecular weight excluding hydrogens is 252 g/mol. The maximum Gasteiger partial charge on any atom is 0.292 e. The minimum absolute atomic E-state index is 0.169. The van der Waals surface area contributed by atoms with Crippen molar-refractivity contribution in [1.82, 2.24) is 0 Å². The smallest absolute Gasteiger partial charge is 0.292 e. The van der Waals surface area contributed by atoms with E-state index in [1.54, 1.807) is 6.07 Å². The summed E-state index contributed by atoms with van der Waals surface area (Å²) < 4.78 is 0. The van der Waals surface area contributed by atoms with Crippen LogP contribution in [0.15, 0.2) is 18.2 Å². The van der Waals surface area contributed by atoms with Gasteiger partial charge in [-0.05, 0) is 30.4 Å². The van der Waals surface area contributed by atoms with Gasteiger partial charge in [0.15, 0.2) is 0 Å². The molecule has 98 valence electrons. The number of anilines is 1. The molecule has 18 heavy (non-hydrogen) atoms. The van der Waals surface area contributed by atoms with Gasteiger partial charge in [0.05, 0.1) is 4.92 Å². The Morgan fingerprint density at radius 3 is 2.94 bits per heavy atom. The summed E-state index contributed by atoms with van der Waals surface area (Å²) in [5, 5.41) is 11.1. The molecule has 1 aliphatic rings. The SMILES string of the molecule is CC1CCCN(c2ccc(CCl)cc2[N+](=O)[O-])C1.